The van der Waals surface area contributed by atoms with Crippen LogP contribution >= 0.6 is 0 Å². The lowest BCUT2D eigenvalue weighted by molar-refractivity contribution is 0.282. The largest absolute Gasteiger partial charge is 0.392 e. The molecule has 1 aliphatic carbocycles. The molecule has 1 aliphatic rings. The summed E-state index contributed by atoms with van der Waals surface area (Å²) in [5, 5.41) is 10.8. The van der Waals surface area contributed by atoms with E-state index in [0.29, 0.717) is 0 Å². The number of hydrogen-bond acceptors (Lipinski definition) is 1. The van der Waals surface area contributed by atoms with Crippen molar-refractivity contribution in [3.63, 3.8) is 0 Å². The second kappa shape index (κ2) is 8.69. The molecule has 32 heavy (non-hydrogen) atoms. The highest BCUT2D eigenvalue weighted by atomic mass is 28.3. The Kier molecular flexibility index (Phi) is 6.11. The first-order valence-corrected chi connectivity index (χ1v) is 15.0. The zero-order chi connectivity index (χ0) is 22.9. The van der Waals surface area contributed by atoms with Gasteiger partial charge in [-0.3, -0.25) is 0 Å². The molecular weight excluding hydrogens is 404 g/mol. The van der Waals surface area contributed by atoms with Gasteiger partial charge in [-0.25, -0.2) is 0 Å². The van der Waals surface area contributed by atoms with E-state index in [9.17, 15) is 5.11 Å². The van der Waals surface area contributed by atoms with Crippen LogP contribution in [0.1, 0.15) is 53.6 Å². The Balaban J connectivity index is 1.86. The van der Waals surface area contributed by atoms with Gasteiger partial charge in [0.2, 0.25) is 0 Å². The lowest BCUT2D eigenvalue weighted by atomic mass is 9.72. The Hall–Kier alpha value is -2.68. The Morgan fingerprint density at radius 3 is 2.25 bits per heavy atom. The minimum absolute atomic E-state index is 0.0834. The molecule has 0 heterocycles. The summed E-state index contributed by atoms with van der Waals surface area (Å²) in [7, 11) is -1.62. The molecule has 1 nitrogen and oxygen atoms in total. The predicted octanol–water partition coefficient (Wildman–Crippen LogP) is 7.71. The van der Waals surface area contributed by atoms with E-state index >= 15 is 0 Å². The average Bonchev–Trinajstić information content (AvgIpc) is 2.77. The molecule has 0 atom stereocenters. The summed E-state index contributed by atoms with van der Waals surface area (Å²) in [4.78, 5) is 0. The highest BCUT2D eigenvalue weighted by Gasteiger charge is 2.30. The predicted molar refractivity (Wildman–Crippen MR) is 141 cm³/mol. The summed E-state index contributed by atoms with van der Waals surface area (Å²) in [6.45, 7) is 12.0. The molecule has 0 radical (unpaired) electrons. The van der Waals surface area contributed by atoms with E-state index in [-0.39, 0.29) is 12.0 Å². The molecular formula is C30H34OSi. The first kappa shape index (κ1) is 22.5. The van der Waals surface area contributed by atoms with Gasteiger partial charge in [-0.1, -0.05) is 118 Å². The first-order valence-electron chi connectivity index (χ1n) is 11.5. The molecule has 164 valence electrons. The molecule has 4 rings (SSSR count). The van der Waals surface area contributed by atoms with Crippen molar-refractivity contribution in [2.75, 3.05) is 0 Å². The van der Waals surface area contributed by atoms with Crippen molar-refractivity contribution in [3.05, 3.63) is 112 Å². The van der Waals surface area contributed by atoms with Gasteiger partial charge in [0.25, 0.3) is 0 Å². The number of fused-ring (bicyclic) bond motifs is 1. The summed E-state index contributed by atoms with van der Waals surface area (Å²) < 4.78 is 0. The second-order valence-electron chi connectivity index (χ2n) is 10.5. The van der Waals surface area contributed by atoms with E-state index in [1.165, 1.54) is 38.6 Å². The van der Waals surface area contributed by atoms with Crippen LogP contribution in [0.5, 0.6) is 0 Å². The van der Waals surface area contributed by atoms with E-state index < -0.39 is 8.07 Å². The van der Waals surface area contributed by atoms with Crippen LogP contribution in [0, 0.1) is 0 Å². The Morgan fingerprint density at radius 1 is 0.938 bits per heavy atom. The smallest absolute Gasteiger partial charge is 0.0784 e. The molecule has 3 aromatic carbocycles. The average molecular weight is 439 g/mol. The van der Waals surface area contributed by atoms with Gasteiger partial charge >= 0.3 is 0 Å². The summed E-state index contributed by atoms with van der Waals surface area (Å²) in [5.41, 5.74) is 9.04. The molecule has 3 aromatic rings. The van der Waals surface area contributed by atoms with Crippen LogP contribution in [0.15, 0.2) is 78.9 Å². The van der Waals surface area contributed by atoms with E-state index in [2.05, 4.69) is 106 Å². The summed E-state index contributed by atoms with van der Waals surface area (Å²) in [6, 6.07) is 26.2. The van der Waals surface area contributed by atoms with E-state index in [1.54, 1.807) is 0 Å². The summed E-state index contributed by atoms with van der Waals surface area (Å²) in [5.74, 6) is 0. The number of rotatable bonds is 5. The third-order valence-electron chi connectivity index (χ3n) is 6.53. The second-order valence-corrected chi connectivity index (χ2v) is 15.6. The molecule has 2 heteroatoms. The highest BCUT2D eigenvalue weighted by molar-refractivity contribution is 6.94. The van der Waals surface area contributed by atoms with Crippen molar-refractivity contribution >= 4 is 24.9 Å². The summed E-state index contributed by atoms with van der Waals surface area (Å²) >= 11 is 0. The zero-order valence-electron chi connectivity index (χ0n) is 19.9. The van der Waals surface area contributed by atoms with Gasteiger partial charge in [0, 0.05) is 0 Å². The molecule has 0 unspecified atom stereocenters. The molecule has 0 aromatic heterocycles. The normalized spacial score (nSPS) is 15.8. The molecule has 0 saturated heterocycles. The zero-order valence-corrected chi connectivity index (χ0v) is 20.9. The van der Waals surface area contributed by atoms with Gasteiger partial charge < -0.3 is 5.11 Å². The van der Waals surface area contributed by atoms with Crippen molar-refractivity contribution in [2.45, 2.75) is 51.9 Å². The fourth-order valence-electron chi connectivity index (χ4n) is 4.61. The fourth-order valence-corrected chi connectivity index (χ4v) is 6.23. The molecule has 0 amide bonds. The van der Waals surface area contributed by atoms with Gasteiger partial charge in [-0.05, 0) is 56.9 Å². The number of aliphatic hydroxyl groups is 1. The van der Waals surface area contributed by atoms with Crippen molar-refractivity contribution in [1.29, 1.82) is 0 Å². The fraction of sp³-hybridized carbons (Fsp3) is 0.267. The number of hydrogen-bond donors (Lipinski definition) is 1. The molecule has 0 bridgehead atoms. The topological polar surface area (TPSA) is 20.2 Å². The van der Waals surface area contributed by atoms with Crippen molar-refractivity contribution in [1.82, 2.24) is 0 Å². The van der Waals surface area contributed by atoms with E-state index in [0.717, 1.165) is 12.0 Å². The van der Waals surface area contributed by atoms with Crippen LogP contribution in [0.2, 0.25) is 19.6 Å². The van der Waals surface area contributed by atoms with Crippen LogP contribution in [0.25, 0.3) is 16.8 Å². The number of benzene rings is 3. The Morgan fingerprint density at radius 2 is 1.62 bits per heavy atom. The van der Waals surface area contributed by atoms with Crippen molar-refractivity contribution in [3.8, 4) is 0 Å². The summed E-state index contributed by atoms with van der Waals surface area (Å²) in [6.07, 6.45) is 5.83. The van der Waals surface area contributed by atoms with Crippen LogP contribution in [0.3, 0.4) is 0 Å². The van der Waals surface area contributed by atoms with Crippen LogP contribution < -0.4 is 0 Å². The third kappa shape index (κ3) is 4.57. The molecule has 0 spiro atoms. The highest BCUT2D eigenvalue weighted by Crippen LogP contribution is 2.43. The lowest BCUT2D eigenvalue weighted by Crippen LogP contribution is -2.25. The van der Waals surface area contributed by atoms with Gasteiger partial charge in [0.15, 0.2) is 0 Å². The van der Waals surface area contributed by atoms with E-state index in [4.69, 9.17) is 0 Å². The van der Waals surface area contributed by atoms with Crippen molar-refractivity contribution in [2.24, 2.45) is 0 Å². The van der Waals surface area contributed by atoms with Crippen molar-refractivity contribution < 1.29 is 5.11 Å². The Labute approximate surface area is 194 Å². The first-order chi connectivity index (χ1) is 15.2. The van der Waals surface area contributed by atoms with Gasteiger partial charge in [0.05, 0.1) is 14.7 Å². The maximum Gasteiger partial charge on any atom is 0.0784 e. The van der Waals surface area contributed by atoms with Gasteiger partial charge in [-0.15, -0.1) is 0 Å². The minimum atomic E-state index is -1.62. The molecule has 1 N–H and O–H groups in total. The Bertz CT molecular complexity index is 1160. The molecule has 0 fully saturated rings. The van der Waals surface area contributed by atoms with Gasteiger partial charge in [-0.2, -0.15) is 0 Å². The van der Waals surface area contributed by atoms with Crippen LogP contribution in [-0.4, -0.2) is 13.2 Å². The van der Waals surface area contributed by atoms with Crippen LogP contribution in [0.4, 0.5) is 0 Å². The maximum absolute atomic E-state index is 9.38. The number of aliphatic hydroxyl groups excluding tert-OH is 1. The quantitative estimate of drug-likeness (QED) is 0.319. The maximum atomic E-state index is 9.38. The SMILES string of the molecule is CC1(C)CC=C(c2ccccc2)c2cc(/C(=C/c3ccc(CO)cc3)[Si](C)(C)C)ccc21. The van der Waals surface area contributed by atoms with Crippen LogP contribution in [-0.2, 0) is 12.0 Å². The van der Waals surface area contributed by atoms with Gasteiger partial charge in [0.1, 0.15) is 0 Å². The minimum Gasteiger partial charge on any atom is -0.392 e. The van der Waals surface area contributed by atoms with E-state index in [1.807, 2.05) is 12.1 Å². The molecule has 0 aliphatic heterocycles. The third-order valence-corrected chi connectivity index (χ3v) is 8.58. The number of allylic oxidation sites excluding steroid dienone is 1. The lowest BCUT2D eigenvalue weighted by Gasteiger charge is -2.33. The standard InChI is InChI=1S/C30H34OSi/c1-30(2)18-17-26(24-9-7-6-8-10-24)27-20-25(15-16-28(27)30)29(32(3,4)5)19-22-11-13-23(21-31)14-12-22/h6-17,19-20,31H,18,21H2,1-5H3/b29-19-. The molecule has 0 saturated carbocycles. The monoisotopic (exact) mass is 438 g/mol.